The lowest BCUT2D eigenvalue weighted by Crippen LogP contribution is -2.45. The van der Waals surface area contributed by atoms with E-state index in [9.17, 15) is 20.0 Å². The Labute approximate surface area is 122 Å². The predicted octanol–water partition coefficient (Wildman–Crippen LogP) is 1.57. The SMILES string of the molecule is CC1CN(C(=O)c2cc([N+](=O)[O-])cn2C2CC2)CCC1O. The molecular weight excluding hydrogens is 274 g/mol. The molecular formula is C14H19N3O4. The molecule has 1 saturated heterocycles. The van der Waals surface area contributed by atoms with Gasteiger partial charge in [-0.05, 0) is 25.2 Å². The number of hydrogen-bond acceptors (Lipinski definition) is 4. The fraction of sp³-hybridized carbons (Fsp3) is 0.643. The van der Waals surface area contributed by atoms with Gasteiger partial charge >= 0.3 is 0 Å². The molecule has 2 atom stereocenters. The molecule has 7 nitrogen and oxygen atoms in total. The zero-order valence-corrected chi connectivity index (χ0v) is 11.9. The van der Waals surface area contributed by atoms with E-state index >= 15 is 0 Å². The van der Waals surface area contributed by atoms with Gasteiger partial charge in [0, 0.05) is 25.2 Å². The third-order valence-corrected chi connectivity index (χ3v) is 4.35. The second kappa shape index (κ2) is 5.14. The molecule has 0 aromatic carbocycles. The lowest BCUT2D eigenvalue weighted by atomic mass is 9.96. The average molecular weight is 293 g/mol. The van der Waals surface area contributed by atoms with Gasteiger partial charge in [-0.2, -0.15) is 0 Å². The number of nitro groups is 1. The average Bonchev–Trinajstić information content (AvgIpc) is 3.19. The highest BCUT2D eigenvalue weighted by Crippen LogP contribution is 2.38. The quantitative estimate of drug-likeness (QED) is 0.676. The molecule has 1 aliphatic carbocycles. The number of aromatic nitrogens is 1. The Morgan fingerprint density at radius 2 is 2.14 bits per heavy atom. The Morgan fingerprint density at radius 3 is 2.71 bits per heavy atom. The fourth-order valence-electron chi connectivity index (χ4n) is 2.87. The van der Waals surface area contributed by atoms with Gasteiger partial charge in [-0.15, -0.1) is 0 Å². The van der Waals surface area contributed by atoms with Crippen LogP contribution in [0, 0.1) is 16.0 Å². The van der Waals surface area contributed by atoms with E-state index in [0.29, 0.717) is 25.2 Å². The van der Waals surface area contributed by atoms with Crippen molar-refractivity contribution in [2.75, 3.05) is 13.1 Å². The van der Waals surface area contributed by atoms with Gasteiger partial charge in [0.25, 0.3) is 11.6 Å². The molecule has 2 heterocycles. The van der Waals surface area contributed by atoms with E-state index in [0.717, 1.165) is 12.8 Å². The molecule has 1 aromatic rings. The number of piperidine rings is 1. The predicted molar refractivity (Wildman–Crippen MR) is 75.0 cm³/mol. The van der Waals surface area contributed by atoms with E-state index in [4.69, 9.17) is 0 Å². The molecule has 2 fully saturated rings. The normalized spacial score (nSPS) is 25.9. The van der Waals surface area contributed by atoms with Gasteiger partial charge in [-0.25, -0.2) is 0 Å². The number of aliphatic hydroxyl groups excluding tert-OH is 1. The van der Waals surface area contributed by atoms with Gasteiger partial charge in [0.05, 0.1) is 17.2 Å². The monoisotopic (exact) mass is 293 g/mol. The number of nitrogens with zero attached hydrogens (tertiary/aromatic N) is 3. The Bertz CT molecular complexity index is 579. The minimum atomic E-state index is -0.460. The summed E-state index contributed by atoms with van der Waals surface area (Å²) in [6, 6.07) is 1.58. The molecule has 0 spiro atoms. The van der Waals surface area contributed by atoms with Crippen LogP contribution in [0.1, 0.15) is 42.7 Å². The Hall–Kier alpha value is -1.89. The van der Waals surface area contributed by atoms with Crippen LogP contribution in [-0.2, 0) is 0 Å². The van der Waals surface area contributed by atoms with E-state index in [2.05, 4.69) is 0 Å². The second-order valence-corrected chi connectivity index (χ2v) is 6.06. The maximum atomic E-state index is 12.6. The molecule has 0 radical (unpaired) electrons. The van der Waals surface area contributed by atoms with Crippen molar-refractivity contribution in [2.45, 2.75) is 38.3 Å². The molecule has 21 heavy (non-hydrogen) atoms. The Balaban J connectivity index is 1.85. The largest absolute Gasteiger partial charge is 0.393 e. The van der Waals surface area contributed by atoms with Crippen LogP contribution in [0.4, 0.5) is 5.69 Å². The molecule has 0 bridgehead atoms. The third kappa shape index (κ3) is 2.65. The number of hydrogen-bond donors (Lipinski definition) is 1. The summed E-state index contributed by atoms with van der Waals surface area (Å²) in [5, 5.41) is 20.7. The molecule has 1 aromatic heterocycles. The topological polar surface area (TPSA) is 88.6 Å². The van der Waals surface area contributed by atoms with Gasteiger partial charge in [-0.3, -0.25) is 14.9 Å². The van der Waals surface area contributed by atoms with Crippen molar-refractivity contribution in [2.24, 2.45) is 5.92 Å². The fourth-order valence-corrected chi connectivity index (χ4v) is 2.87. The molecule has 2 aliphatic rings. The maximum Gasteiger partial charge on any atom is 0.287 e. The van der Waals surface area contributed by atoms with Crippen LogP contribution < -0.4 is 0 Å². The number of carbonyl (C=O) groups excluding carboxylic acids is 1. The molecule has 2 unspecified atom stereocenters. The smallest absolute Gasteiger partial charge is 0.287 e. The molecule has 1 aliphatic heterocycles. The van der Waals surface area contributed by atoms with Crippen molar-refractivity contribution < 1.29 is 14.8 Å². The first-order valence-corrected chi connectivity index (χ1v) is 7.31. The summed E-state index contributed by atoms with van der Waals surface area (Å²) >= 11 is 0. The van der Waals surface area contributed by atoms with Crippen LogP contribution in [0.3, 0.4) is 0 Å². The molecule has 114 valence electrons. The summed E-state index contributed by atoms with van der Waals surface area (Å²) in [5.41, 5.74) is 0.364. The van der Waals surface area contributed by atoms with E-state index in [1.807, 2.05) is 6.92 Å². The van der Waals surface area contributed by atoms with Gasteiger partial charge in [-0.1, -0.05) is 6.92 Å². The third-order valence-electron chi connectivity index (χ3n) is 4.35. The van der Waals surface area contributed by atoms with Crippen molar-refractivity contribution in [1.29, 1.82) is 0 Å². The number of carbonyl (C=O) groups is 1. The zero-order valence-electron chi connectivity index (χ0n) is 11.9. The minimum absolute atomic E-state index is 0.0297. The van der Waals surface area contributed by atoms with Crippen LogP contribution in [0.25, 0.3) is 0 Å². The number of amides is 1. The van der Waals surface area contributed by atoms with Crippen molar-refractivity contribution in [3.8, 4) is 0 Å². The van der Waals surface area contributed by atoms with Crippen LogP contribution >= 0.6 is 0 Å². The Morgan fingerprint density at radius 1 is 1.43 bits per heavy atom. The molecule has 1 saturated carbocycles. The standard InChI is InChI=1S/C14H19N3O4/c1-9-7-15(5-4-13(9)18)14(19)12-6-11(17(20)21)8-16(12)10-2-3-10/h6,8-10,13,18H,2-5,7H2,1H3. The van der Waals surface area contributed by atoms with Gasteiger partial charge < -0.3 is 14.6 Å². The van der Waals surface area contributed by atoms with Crippen molar-refractivity contribution in [3.63, 3.8) is 0 Å². The maximum absolute atomic E-state index is 12.6. The van der Waals surface area contributed by atoms with E-state index in [-0.39, 0.29) is 29.7 Å². The van der Waals surface area contributed by atoms with E-state index < -0.39 is 4.92 Å². The van der Waals surface area contributed by atoms with Gasteiger partial charge in [0.1, 0.15) is 5.69 Å². The summed E-state index contributed by atoms with van der Waals surface area (Å²) < 4.78 is 1.75. The highest BCUT2D eigenvalue weighted by Gasteiger charge is 2.34. The molecule has 1 N–H and O–H groups in total. The summed E-state index contributed by atoms with van der Waals surface area (Å²) in [7, 11) is 0. The summed E-state index contributed by atoms with van der Waals surface area (Å²) in [6.07, 6.45) is 3.56. The first kappa shape index (κ1) is 14.1. The minimum Gasteiger partial charge on any atom is -0.393 e. The van der Waals surface area contributed by atoms with Crippen molar-refractivity contribution >= 4 is 11.6 Å². The second-order valence-electron chi connectivity index (χ2n) is 6.06. The van der Waals surface area contributed by atoms with E-state index in [1.54, 1.807) is 9.47 Å². The number of rotatable bonds is 3. The summed E-state index contributed by atoms with van der Waals surface area (Å²) in [6.45, 7) is 2.89. The summed E-state index contributed by atoms with van der Waals surface area (Å²) in [4.78, 5) is 24.8. The van der Waals surface area contributed by atoms with Gasteiger partial charge in [0.2, 0.25) is 0 Å². The van der Waals surface area contributed by atoms with Crippen LogP contribution in [0.15, 0.2) is 12.3 Å². The first-order chi connectivity index (χ1) is 9.97. The molecule has 7 heteroatoms. The lowest BCUT2D eigenvalue weighted by Gasteiger charge is -2.34. The number of aliphatic hydroxyl groups is 1. The molecule has 1 amide bonds. The summed E-state index contributed by atoms with van der Waals surface area (Å²) in [5.74, 6) is -0.143. The zero-order chi connectivity index (χ0) is 15.1. The first-order valence-electron chi connectivity index (χ1n) is 7.31. The van der Waals surface area contributed by atoms with Gasteiger partial charge in [0.15, 0.2) is 0 Å². The van der Waals surface area contributed by atoms with Crippen molar-refractivity contribution in [3.05, 3.63) is 28.1 Å². The van der Waals surface area contributed by atoms with Crippen LogP contribution in [0.2, 0.25) is 0 Å². The van der Waals surface area contributed by atoms with Crippen LogP contribution in [0.5, 0.6) is 0 Å². The highest BCUT2D eigenvalue weighted by molar-refractivity contribution is 5.93. The molecule has 3 rings (SSSR count). The number of likely N-dealkylation sites (tertiary alicyclic amines) is 1. The lowest BCUT2D eigenvalue weighted by molar-refractivity contribution is -0.384. The van der Waals surface area contributed by atoms with E-state index in [1.165, 1.54) is 12.3 Å². The Kier molecular flexibility index (Phi) is 3.44. The van der Waals surface area contributed by atoms with Crippen molar-refractivity contribution in [1.82, 2.24) is 9.47 Å². The van der Waals surface area contributed by atoms with Crippen LogP contribution in [-0.4, -0.2) is 44.6 Å². The highest BCUT2D eigenvalue weighted by atomic mass is 16.6.